The molecule has 2 rings (SSSR count). The molecule has 1 aliphatic heterocycles. The van der Waals surface area contributed by atoms with Crippen LogP contribution in [0.3, 0.4) is 0 Å². The van der Waals surface area contributed by atoms with Gasteiger partial charge < -0.3 is 10.2 Å². The number of alkyl halides is 3. The van der Waals surface area contributed by atoms with Crippen molar-refractivity contribution in [3.8, 4) is 0 Å². The normalized spacial score (nSPS) is 19.0. The Morgan fingerprint density at radius 1 is 1.38 bits per heavy atom. The number of benzene rings is 1. The highest BCUT2D eigenvalue weighted by Crippen LogP contribution is 2.31. The molecule has 1 aliphatic rings. The molecule has 2 amide bonds. The van der Waals surface area contributed by atoms with E-state index in [1.165, 1.54) is 4.90 Å². The molecule has 1 heterocycles. The number of carbonyl (C=O) groups is 2. The van der Waals surface area contributed by atoms with Gasteiger partial charge in [0.25, 0.3) is 0 Å². The summed E-state index contributed by atoms with van der Waals surface area (Å²) in [7, 11) is 0. The molecule has 1 saturated heterocycles. The molecule has 0 unspecified atom stereocenters. The minimum Gasteiger partial charge on any atom is -0.347 e. The highest BCUT2D eigenvalue weighted by molar-refractivity contribution is 9.10. The van der Waals surface area contributed by atoms with E-state index >= 15 is 0 Å². The third kappa shape index (κ3) is 3.96. The number of nitrogens with one attached hydrogen (secondary N) is 1. The molecule has 0 spiro atoms. The average molecular weight is 365 g/mol. The summed E-state index contributed by atoms with van der Waals surface area (Å²) in [5.74, 6) is -1.81. The van der Waals surface area contributed by atoms with Crippen molar-refractivity contribution in [2.75, 3.05) is 18.0 Å². The first-order valence-corrected chi connectivity index (χ1v) is 6.96. The second-order valence-electron chi connectivity index (χ2n) is 4.69. The van der Waals surface area contributed by atoms with Gasteiger partial charge in [0.15, 0.2) is 0 Å². The SMILES string of the molecule is O=C(NCC(F)(F)F)[C@@H]1CC(=O)N(c2ccccc2Br)C1. The first-order chi connectivity index (χ1) is 9.78. The molecule has 114 valence electrons. The van der Waals surface area contributed by atoms with Crippen LogP contribution in [-0.2, 0) is 9.59 Å². The molecule has 0 radical (unpaired) electrons. The second-order valence-corrected chi connectivity index (χ2v) is 5.54. The standard InChI is InChI=1S/C13H12BrF3N2O2/c14-9-3-1-2-4-10(9)19-6-8(5-11(19)20)12(21)18-7-13(15,16)17/h1-4,8H,5-7H2,(H,18,21)/t8-/m1/s1. The Balaban J connectivity index is 2.03. The predicted octanol–water partition coefficient (Wildman–Crippen LogP) is 2.48. The number of hydrogen-bond donors (Lipinski definition) is 1. The van der Waals surface area contributed by atoms with Crippen molar-refractivity contribution in [2.24, 2.45) is 5.92 Å². The summed E-state index contributed by atoms with van der Waals surface area (Å²) in [6.07, 6.45) is -4.55. The van der Waals surface area contributed by atoms with Crippen molar-refractivity contribution in [1.82, 2.24) is 5.32 Å². The van der Waals surface area contributed by atoms with Crippen molar-refractivity contribution in [3.05, 3.63) is 28.7 Å². The summed E-state index contributed by atoms with van der Waals surface area (Å²) in [6, 6.07) is 6.98. The number of amides is 2. The molecule has 0 aliphatic carbocycles. The number of para-hydroxylation sites is 1. The number of carbonyl (C=O) groups excluding carboxylic acids is 2. The number of nitrogens with zero attached hydrogens (tertiary/aromatic N) is 1. The molecular formula is C13H12BrF3N2O2. The highest BCUT2D eigenvalue weighted by Gasteiger charge is 2.37. The Bertz CT molecular complexity index is 563. The van der Waals surface area contributed by atoms with Gasteiger partial charge in [-0.25, -0.2) is 0 Å². The third-order valence-corrected chi connectivity index (χ3v) is 3.77. The lowest BCUT2D eigenvalue weighted by molar-refractivity contribution is -0.140. The van der Waals surface area contributed by atoms with Crippen LogP contribution in [-0.4, -0.2) is 31.1 Å². The van der Waals surface area contributed by atoms with Gasteiger partial charge in [-0.1, -0.05) is 12.1 Å². The Morgan fingerprint density at radius 2 is 2.05 bits per heavy atom. The highest BCUT2D eigenvalue weighted by atomic mass is 79.9. The lowest BCUT2D eigenvalue weighted by Crippen LogP contribution is -2.38. The zero-order chi connectivity index (χ0) is 15.6. The van der Waals surface area contributed by atoms with E-state index in [1.807, 2.05) is 5.32 Å². The number of hydrogen-bond acceptors (Lipinski definition) is 2. The van der Waals surface area contributed by atoms with Crippen LogP contribution < -0.4 is 10.2 Å². The molecular weight excluding hydrogens is 353 g/mol. The van der Waals surface area contributed by atoms with Gasteiger partial charge in [-0.2, -0.15) is 13.2 Å². The van der Waals surface area contributed by atoms with Gasteiger partial charge in [0, 0.05) is 17.4 Å². The average Bonchev–Trinajstić information content (AvgIpc) is 2.78. The summed E-state index contributed by atoms with van der Waals surface area (Å²) in [5.41, 5.74) is 0.605. The van der Waals surface area contributed by atoms with E-state index in [0.717, 1.165) is 0 Å². The van der Waals surface area contributed by atoms with Gasteiger partial charge >= 0.3 is 6.18 Å². The van der Waals surface area contributed by atoms with Crippen LogP contribution in [0.5, 0.6) is 0 Å². The minimum atomic E-state index is -4.46. The van der Waals surface area contributed by atoms with Gasteiger partial charge in [0.1, 0.15) is 6.54 Å². The summed E-state index contributed by atoms with van der Waals surface area (Å²) in [6.45, 7) is -1.31. The van der Waals surface area contributed by atoms with E-state index < -0.39 is 24.5 Å². The molecule has 1 fully saturated rings. The molecule has 0 bridgehead atoms. The molecule has 0 aromatic heterocycles. The van der Waals surface area contributed by atoms with E-state index in [4.69, 9.17) is 0 Å². The molecule has 1 N–H and O–H groups in total. The maximum Gasteiger partial charge on any atom is 0.405 e. The van der Waals surface area contributed by atoms with Crippen LogP contribution in [0.4, 0.5) is 18.9 Å². The van der Waals surface area contributed by atoms with Crippen molar-refractivity contribution in [1.29, 1.82) is 0 Å². The molecule has 4 nitrogen and oxygen atoms in total. The smallest absolute Gasteiger partial charge is 0.347 e. The Kier molecular flexibility index (Phi) is 4.55. The molecule has 8 heteroatoms. The van der Waals surface area contributed by atoms with Gasteiger partial charge in [0.2, 0.25) is 11.8 Å². The van der Waals surface area contributed by atoms with E-state index in [9.17, 15) is 22.8 Å². The zero-order valence-electron chi connectivity index (χ0n) is 10.8. The van der Waals surface area contributed by atoms with Gasteiger partial charge in [-0.15, -0.1) is 0 Å². The first kappa shape index (κ1) is 15.8. The second kappa shape index (κ2) is 6.05. The largest absolute Gasteiger partial charge is 0.405 e. The fourth-order valence-electron chi connectivity index (χ4n) is 2.12. The lowest BCUT2D eigenvalue weighted by atomic mass is 10.1. The van der Waals surface area contributed by atoms with Gasteiger partial charge in [-0.3, -0.25) is 9.59 Å². The summed E-state index contributed by atoms with van der Waals surface area (Å²) >= 11 is 3.30. The number of halogens is 4. The Hall–Kier alpha value is -1.57. The maximum atomic E-state index is 12.1. The summed E-state index contributed by atoms with van der Waals surface area (Å²) < 4.78 is 36.9. The van der Waals surface area contributed by atoms with Crippen LogP contribution in [0.2, 0.25) is 0 Å². The quantitative estimate of drug-likeness (QED) is 0.895. The van der Waals surface area contributed by atoms with E-state index in [1.54, 1.807) is 24.3 Å². The van der Waals surface area contributed by atoms with Crippen molar-refractivity contribution >= 4 is 33.4 Å². The third-order valence-electron chi connectivity index (χ3n) is 3.10. The Morgan fingerprint density at radius 3 is 2.67 bits per heavy atom. The Labute approximate surface area is 127 Å². The fraction of sp³-hybridized carbons (Fsp3) is 0.385. The fourth-order valence-corrected chi connectivity index (χ4v) is 2.62. The van der Waals surface area contributed by atoms with Crippen LogP contribution >= 0.6 is 15.9 Å². The number of anilines is 1. The predicted molar refractivity (Wildman–Crippen MR) is 73.7 cm³/mol. The van der Waals surface area contributed by atoms with Gasteiger partial charge in [0.05, 0.1) is 11.6 Å². The summed E-state index contributed by atoms with van der Waals surface area (Å²) in [4.78, 5) is 25.0. The molecule has 21 heavy (non-hydrogen) atoms. The van der Waals surface area contributed by atoms with Crippen molar-refractivity contribution < 1.29 is 22.8 Å². The van der Waals surface area contributed by atoms with E-state index in [2.05, 4.69) is 15.9 Å². The van der Waals surface area contributed by atoms with E-state index in [-0.39, 0.29) is 18.9 Å². The molecule has 0 saturated carbocycles. The number of rotatable bonds is 3. The first-order valence-electron chi connectivity index (χ1n) is 6.17. The van der Waals surface area contributed by atoms with Crippen LogP contribution in [0.25, 0.3) is 0 Å². The van der Waals surface area contributed by atoms with Gasteiger partial charge in [-0.05, 0) is 28.1 Å². The zero-order valence-corrected chi connectivity index (χ0v) is 12.4. The lowest BCUT2D eigenvalue weighted by Gasteiger charge is -2.18. The summed E-state index contributed by atoms with van der Waals surface area (Å²) in [5, 5.41) is 1.82. The van der Waals surface area contributed by atoms with Crippen LogP contribution in [0, 0.1) is 5.92 Å². The van der Waals surface area contributed by atoms with Crippen molar-refractivity contribution in [2.45, 2.75) is 12.6 Å². The van der Waals surface area contributed by atoms with E-state index in [0.29, 0.717) is 10.2 Å². The minimum absolute atomic E-state index is 0.0745. The molecule has 1 aromatic carbocycles. The van der Waals surface area contributed by atoms with Crippen LogP contribution in [0.15, 0.2) is 28.7 Å². The molecule has 1 atom stereocenters. The monoisotopic (exact) mass is 364 g/mol. The van der Waals surface area contributed by atoms with Crippen molar-refractivity contribution in [3.63, 3.8) is 0 Å². The molecule has 1 aromatic rings. The van der Waals surface area contributed by atoms with Crippen LogP contribution in [0.1, 0.15) is 6.42 Å². The topological polar surface area (TPSA) is 49.4 Å². The maximum absolute atomic E-state index is 12.1.